The summed E-state index contributed by atoms with van der Waals surface area (Å²) in [5, 5.41) is 11.3. The number of hydrogen-bond acceptors (Lipinski definition) is 7. The minimum Gasteiger partial charge on any atom is -0.493 e. The first kappa shape index (κ1) is 24.9. The minimum absolute atomic E-state index is 0.195. The van der Waals surface area contributed by atoms with Crippen molar-refractivity contribution in [2.45, 2.75) is 19.9 Å². The summed E-state index contributed by atoms with van der Waals surface area (Å²) in [5.41, 5.74) is 4.13. The van der Waals surface area contributed by atoms with E-state index in [4.69, 9.17) is 18.6 Å². The molecule has 1 aromatic heterocycles. The van der Waals surface area contributed by atoms with Crippen LogP contribution in [0.3, 0.4) is 0 Å². The van der Waals surface area contributed by atoms with Crippen LogP contribution in [-0.4, -0.2) is 43.5 Å². The molecule has 0 aliphatic heterocycles. The molecule has 186 valence electrons. The van der Waals surface area contributed by atoms with Gasteiger partial charge < -0.3 is 23.9 Å². The minimum atomic E-state index is -0.244. The van der Waals surface area contributed by atoms with E-state index in [1.165, 1.54) is 0 Å². The maximum atomic E-state index is 12.9. The van der Waals surface area contributed by atoms with Crippen LogP contribution in [0.2, 0.25) is 0 Å². The predicted molar refractivity (Wildman–Crippen MR) is 136 cm³/mol. The second-order valence-corrected chi connectivity index (χ2v) is 8.31. The molecule has 8 nitrogen and oxygen atoms in total. The summed E-state index contributed by atoms with van der Waals surface area (Å²) in [6, 6.07) is 20.3. The molecule has 0 saturated carbocycles. The van der Waals surface area contributed by atoms with Crippen LogP contribution in [-0.2, 0) is 4.74 Å². The second-order valence-electron chi connectivity index (χ2n) is 8.31. The van der Waals surface area contributed by atoms with Gasteiger partial charge in [0.2, 0.25) is 11.8 Å². The molecule has 1 heterocycles. The Labute approximate surface area is 210 Å². The van der Waals surface area contributed by atoms with Gasteiger partial charge in [-0.3, -0.25) is 4.79 Å². The van der Waals surface area contributed by atoms with Crippen molar-refractivity contribution >= 4 is 5.91 Å². The SMILES string of the molecule is COCCOc1ccc(C(C)NC(=O)c2ccc(-c3nnc(-c4cccc(C)c4)o3)cc2)cc1OC. The summed E-state index contributed by atoms with van der Waals surface area (Å²) in [6.07, 6.45) is 0. The van der Waals surface area contributed by atoms with Crippen LogP contribution in [0, 0.1) is 6.92 Å². The van der Waals surface area contributed by atoms with E-state index in [9.17, 15) is 4.79 Å². The molecule has 0 saturated heterocycles. The van der Waals surface area contributed by atoms with Crippen molar-refractivity contribution in [2.24, 2.45) is 0 Å². The van der Waals surface area contributed by atoms with Gasteiger partial charge in [0.25, 0.3) is 5.91 Å². The number of aromatic nitrogens is 2. The highest BCUT2D eigenvalue weighted by Gasteiger charge is 2.16. The number of ether oxygens (including phenoxy) is 3. The number of rotatable bonds is 10. The standard InChI is InChI=1S/C28H29N3O5/c1-18-6-5-7-23(16-18)28-31-30-27(36-28)21-10-8-20(9-11-21)26(32)29-19(2)22-12-13-24(25(17-22)34-4)35-15-14-33-3/h5-13,16-17,19H,14-15H2,1-4H3,(H,29,32). The van der Waals surface area contributed by atoms with Gasteiger partial charge in [-0.05, 0) is 67.9 Å². The molecule has 36 heavy (non-hydrogen) atoms. The second kappa shape index (κ2) is 11.5. The molecule has 1 atom stereocenters. The van der Waals surface area contributed by atoms with Crippen LogP contribution >= 0.6 is 0 Å². The molecule has 4 aromatic rings. The van der Waals surface area contributed by atoms with E-state index >= 15 is 0 Å². The van der Waals surface area contributed by atoms with E-state index in [1.807, 2.05) is 56.3 Å². The number of aryl methyl sites for hydroxylation is 1. The third-order valence-electron chi connectivity index (χ3n) is 5.66. The van der Waals surface area contributed by atoms with E-state index in [2.05, 4.69) is 15.5 Å². The topological polar surface area (TPSA) is 95.7 Å². The average Bonchev–Trinajstić information content (AvgIpc) is 3.39. The van der Waals surface area contributed by atoms with E-state index < -0.39 is 0 Å². The molecule has 0 spiro atoms. The lowest BCUT2D eigenvalue weighted by atomic mass is 10.1. The maximum absolute atomic E-state index is 12.9. The Bertz CT molecular complexity index is 1320. The predicted octanol–water partition coefficient (Wildman–Crippen LogP) is 5.24. The molecule has 0 fully saturated rings. The largest absolute Gasteiger partial charge is 0.493 e. The number of hydrogen-bond donors (Lipinski definition) is 1. The summed E-state index contributed by atoms with van der Waals surface area (Å²) < 4.78 is 22.0. The molecule has 1 N–H and O–H groups in total. The molecule has 8 heteroatoms. The van der Waals surface area contributed by atoms with Crippen LogP contribution < -0.4 is 14.8 Å². The third kappa shape index (κ3) is 5.90. The Morgan fingerprint density at radius 3 is 2.36 bits per heavy atom. The number of methoxy groups -OCH3 is 2. The van der Waals surface area contributed by atoms with Crippen LogP contribution in [0.1, 0.15) is 34.5 Å². The number of carbonyl (C=O) groups is 1. The van der Waals surface area contributed by atoms with Gasteiger partial charge in [0.05, 0.1) is 19.8 Å². The highest BCUT2D eigenvalue weighted by molar-refractivity contribution is 5.94. The first-order valence-electron chi connectivity index (χ1n) is 11.6. The molecular formula is C28H29N3O5. The number of amides is 1. The Morgan fingerprint density at radius 2 is 1.67 bits per heavy atom. The highest BCUT2D eigenvalue weighted by Crippen LogP contribution is 2.30. The molecule has 1 amide bonds. The number of benzene rings is 3. The Kier molecular flexibility index (Phi) is 7.97. The molecule has 0 bridgehead atoms. The van der Waals surface area contributed by atoms with Gasteiger partial charge in [0.1, 0.15) is 6.61 Å². The Balaban J connectivity index is 1.41. The smallest absolute Gasteiger partial charge is 0.251 e. The van der Waals surface area contributed by atoms with Crippen LogP contribution in [0.4, 0.5) is 0 Å². The lowest BCUT2D eigenvalue weighted by molar-refractivity contribution is 0.0940. The van der Waals surface area contributed by atoms with Crippen molar-refractivity contribution < 1.29 is 23.4 Å². The zero-order chi connectivity index (χ0) is 25.5. The first-order chi connectivity index (χ1) is 17.5. The summed E-state index contributed by atoms with van der Waals surface area (Å²) in [7, 11) is 3.20. The monoisotopic (exact) mass is 487 g/mol. The Hall–Kier alpha value is -4.17. The fraction of sp³-hybridized carbons (Fsp3) is 0.250. The third-order valence-corrected chi connectivity index (χ3v) is 5.66. The fourth-order valence-corrected chi connectivity index (χ4v) is 3.67. The van der Waals surface area contributed by atoms with Crippen molar-refractivity contribution in [1.29, 1.82) is 0 Å². The van der Waals surface area contributed by atoms with Crippen molar-refractivity contribution in [1.82, 2.24) is 15.5 Å². The fourth-order valence-electron chi connectivity index (χ4n) is 3.67. The van der Waals surface area contributed by atoms with E-state index in [0.717, 1.165) is 22.3 Å². The molecule has 4 rings (SSSR count). The maximum Gasteiger partial charge on any atom is 0.251 e. The molecule has 0 aliphatic carbocycles. The van der Waals surface area contributed by atoms with Crippen molar-refractivity contribution in [3.8, 4) is 34.4 Å². The van der Waals surface area contributed by atoms with Gasteiger partial charge in [-0.2, -0.15) is 0 Å². The van der Waals surface area contributed by atoms with Gasteiger partial charge in [0.15, 0.2) is 11.5 Å². The van der Waals surface area contributed by atoms with Crippen molar-refractivity contribution in [3.05, 3.63) is 83.4 Å². The zero-order valence-electron chi connectivity index (χ0n) is 20.8. The van der Waals surface area contributed by atoms with Gasteiger partial charge >= 0.3 is 0 Å². The highest BCUT2D eigenvalue weighted by atomic mass is 16.5. The van der Waals surface area contributed by atoms with Crippen molar-refractivity contribution in [2.75, 3.05) is 27.4 Å². The van der Waals surface area contributed by atoms with Gasteiger partial charge in [-0.1, -0.05) is 23.8 Å². The number of nitrogens with one attached hydrogen (secondary N) is 1. The number of nitrogens with zero attached hydrogens (tertiary/aromatic N) is 2. The van der Waals surface area contributed by atoms with Crippen LogP contribution in [0.5, 0.6) is 11.5 Å². The summed E-state index contributed by atoms with van der Waals surface area (Å²) in [6.45, 7) is 4.83. The molecule has 3 aromatic carbocycles. The number of carbonyl (C=O) groups excluding carboxylic acids is 1. The van der Waals surface area contributed by atoms with Gasteiger partial charge in [0, 0.05) is 23.8 Å². The lowest BCUT2D eigenvalue weighted by Crippen LogP contribution is -2.26. The summed E-state index contributed by atoms with van der Waals surface area (Å²) in [5.74, 6) is 1.87. The van der Waals surface area contributed by atoms with E-state index in [0.29, 0.717) is 42.1 Å². The quantitative estimate of drug-likeness (QED) is 0.306. The zero-order valence-corrected chi connectivity index (χ0v) is 20.8. The van der Waals surface area contributed by atoms with Gasteiger partial charge in [-0.25, -0.2) is 0 Å². The van der Waals surface area contributed by atoms with E-state index in [-0.39, 0.29) is 11.9 Å². The lowest BCUT2D eigenvalue weighted by Gasteiger charge is -2.17. The molecular weight excluding hydrogens is 458 g/mol. The van der Waals surface area contributed by atoms with E-state index in [1.54, 1.807) is 38.5 Å². The summed E-state index contributed by atoms with van der Waals surface area (Å²) >= 11 is 0. The van der Waals surface area contributed by atoms with Crippen molar-refractivity contribution in [3.63, 3.8) is 0 Å². The molecule has 0 aliphatic rings. The Morgan fingerprint density at radius 1 is 0.917 bits per heavy atom. The summed E-state index contributed by atoms with van der Waals surface area (Å²) in [4.78, 5) is 12.9. The average molecular weight is 488 g/mol. The first-order valence-corrected chi connectivity index (χ1v) is 11.6. The normalized spacial score (nSPS) is 11.7. The molecule has 1 unspecified atom stereocenters. The van der Waals surface area contributed by atoms with Gasteiger partial charge in [-0.15, -0.1) is 10.2 Å². The van der Waals surface area contributed by atoms with Crippen LogP contribution in [0.25, 0.3) is 22.9 Å². The molecule has 0 radical (unpaired) electrons. The van der Waals surface area contributed by atoms with Crippen LogP contribution in [0.15, 0.2) is 71.1 Å².